The van der Waals surface area contributed by atoms with Gasteiger partial charge in [0.1, 0.15) is 17.8 Å². The minimum Gasteiger partial charge on any atom is -0.484 e. The number of aryl methyl sites for hydroxylation is 1. The number of nitrogens with one attached hydrogen (secondary N) is 3. The molecule has 1 saturated carbocycles. The molecule has 5 amide bonds. The lowest BCUT2D eigenvalue weighted by atomic mass is 9.93. The summed E-state index contributed by atoms with van der Waals surface area (Å²) >= 11 is 0. The molecule has 0 radical (unpaired) electrons. The summed E-state index contributed by atoms with van der Waals surface area (Å²) in [5, 5.41) is 19.1. The molecule has 2 fully saturated rings. The van der Waals surface area contributed by atoms with Crippen LogP contribution in [0.25, 0.3) is 0 Å². The number of hydrogen-bond acceptors (Lipinski definition) is 8. The summed E-state index contributed by atoms with van der Waals surface area (Å²) in [5.41, 5.74) is 2.27. The van der Waals surface area contributed by atoms with Crippen molar-refractivity contribution < 1.29 is 38.2 Å². The molecule has 3 aliphatic rings. The first-order valence-electron chi connectivity index (χ1n) is 17.0. The Labute approximate surface area is 290 Å². The maximum Gasteiger partial charge on any atom is 0.289 e. The second kappa shape index (κ2) is 15.2. The number of carbonyl (C=O) groups is 5. The Balaban J connectivity index is 1.34. The molecule has 264 valence electrons. The van der Waals surface area contributed by atoms with Gasteiger partial charge in [0.2, 0.25) is 17.7 Å². The van der Waals surface area contributed by atoms with Crippen LogP contribution >= 0.6 is 0 Å². The number of carbonyl (C=O) groups excluding carboxylic acids is 5. The van der Waals surface area contributed by atoms with Crippen molar-refractivity contribution in [3.8, 4) is 5.75 Å². The minimum atomic E-state index is -1.31. The molecule has 1 aliphatic carbocycles. The van der Waals surface area contributed by atoms with E-state index in [-0.39, 0.29) is 56.1 Å². The highest BCUT2D eigenvalue weighted by Gasteiger charge is 2.40. The number of likely N-dealkylation sites (tertiary alicyclic amines) is 1. The van der Waals surface area contributed by atoms with Crippen LogP contribution in [0.15, 0.2) is 71.3 Å². The molecule has 0 spiro atoms. The van der Waals surface area contributed by atoms with Crippen LogP contribution in [-0.2, 0) is 25.6 Å². The van der Waals surface area contributed by atoms with E-state index in [2.05, 4.69) is 16.0 Å². The standard InChI is InChI=1S/C37H43N5O8/c1-22-13-14-49-34(22)37(48)42-18-28-26-9-6-10-27(16-26)50-21-32(45)40-33(23(2)43)36(47)41(17-25-11-12-25)20-31(44)38-29(35(46)39-30(28)19-42)15-24-7-4-3-5-8-24/h3-10,13-14,16,23,25,28-30,33,43H,11-12,15,17-21H2,1-2H3,(H,38,44)(H,39,46)(H,40,45)/t23-,28-,29+,30+,33+/m1/s1. The van der Waals surface area contributed by atoms with E-state index in [4.69, 9.17) is 9.15 Å². The zero-order chi connectivity index (χ0) is 35.4. The second-order valence-electron chi connectivity index (χ2n) is 13.5. The number of benzene rings is 2. The summed E-state index contributed by atoms with van der Waals surface area (Å²) in [6, 6.07) is 15.2. The summed E-state index contributed by atoms with van der Waals surface area (Å²) in [6.45, 7) is 3.09. The van der Waals surface area contributed by atoms with Crippen molar-refractivity contribution in [3.05, 3.63) is 89.4 Å². The normalized spacial score (nSPS) is 24.2. The highest BCUT2D eigenvalue weighted by Crippen LogP contribution is 2.32. The van der Waals surface area contributed by atoms with Crippen molar-refractivity contribution in [2.45, 2.75) is 63.3 Å². The Kier molecular flexibility index (Phi) is 10.5. The molecule has 1 aromatic heterocycles. The van der Waals surface area contributed by atoms with Crippen molar-refractivity contribution in [1.82, 2.24) is 25.8 Å². The number of aliphatic hydroxyl groups excluding tert-OH is 1. The zero-order valence-electron chi connectivity index (χ0n) is 28.2. The number of nitrogens with zero attached hydrogens (tertiary/aromatic N) is 2. The Morgan fingerprint density at radius 3 is 2.44 bits per heavy atom. The van der Waals surface area contributed by atoms with Crippen molar-refractivity contribution in [1.29, 1.82) is 0 Å². The smallest absolute Gasteiger partial charge is 0.289 e. The topological polar surface area (TPSA) is 171 Å². The van der Waals surface area contributed by atoms with Gasteiger partial charge in [-0.05, 0) is 61.9 Å². The number of furan rings is 1. The largest absolute Gasteiger partial charge is 0.484 e. The van der Waals surface area contributed by atoms with Gasteiger partial charge in [-0.15, -0.1) is 0 Å². The van der Waals surface area contributed by atoms with Crippen molar-refractivity contribution >= 4 is 29.5 Å². The fourth-order valence-electron chi connectivity index (χ4n) is 6.57. The third-order valence-corrected chi connectivity index (χ3v) is 9.47. The quantitative estimate of drug-likeness (QED) is 0.303. The molecule has 6 rings (SSSR count). The number of fused-ring (bicyclic) bond motifs is 4. The van der Waals surface area contributed by atoms with Crippen molar-refractivity contribution in [3.63, 3.8) is 0 Å². The predicted molar refractivity (Wildman–Crippen MR) is 181 cm³/mol. The molecule has 2 aromatic carbocycles. The molecule has 4 N–H and O–H groups in total. The molecule has 2 aliphatic heterocycles. The second-order valence-corrected chi connectivity index (χ2v) is 13.5. The van der Waals surface area contributed by atoms with Crippen LogP contribution < -0.4 is 20.7 Å². The van der Waals surface area contributed by atoms with Crippen LogP contribution in [0, 0.1) is 12.8 Å². The van der Waals surface area contributed by atoms with Crippen LogP contribution in [0.1, 0.15) is 52.9 Å². The van der Waals surface area contributed by atoms with E-state index in [0.717, 1.165) is 24.0 Å². The maximum atomic E-state index is 14.2. The molecule has 13 nitrogen and oxygen atoms in total. The number of ether oxygens (including phenoxy) is 1. The number of rotatable bonds is 6. The zero-order valence-corrected chi connectivity index (χ0v) is 28.2. The number of hydrogen-bond donors (Lipinski definition) is 4. The van der Waals surface area contributed by atoms with E-state index in [0.29, 0.717) is 11.3 Å². The van der Waals surface area contributed by atoms with Crippen LogP contribution in [0.2, 0.25) is 0 Å². The molecule has 13 heteroatoms. The third kappa shape index (κ3) is 8.33. The summed E-state index contributed by atoms with van der Waals surface area (Å²) in [6.07, 6.45) is 2.17. The van der Waals surface area contributed by atoms with Gasteiger partial charge in [-0.2, -0.15) is 0 Å². The van der Waals surface area contributed by atoms with Gasteiger partial charge in [-0.1, -0.05) is 42.5 Å². The van der Waals surface area contributed by atoms with E-state index in [1.54, 1.807) is 36.1 Å². The van der Waals surface area contributed by atoms with Crippen LogP contribution in [0.5, 0.6) is 5.75 Å². The van der Waals surface area contributed by atoms with Gasteiger partial charge in [0, 0.05) is 37.5 Å². The number of amides is 5. The Morgan fingerprint density at radius 2 is 1.74 bits per heavy atom. The van der Waals surface area contributed by atoms with E-state index >= 15 is 0 Å². The van der Waals surface area contributed by atoms with E-state index in [9.17, 15) is 29.1 Å². The average Bonchev–Trinajstić information content (AvgIpc) is 3.66. The van der Waals surface area contributed by atoms with Gasteiger partial charge in [-0.25, -0.2) is 0 Å². The Hall–Kier alpha value is -5.17. The van der Waals surface area contributed by atoms with Crippen molar-refractivity contribution in [2.75, 3.05) is 32.8 Å². The van der Waals surface area contributed by atoms with E-state index in [1.807, 2.05) is 36.4 Å². The van der Waals surface area contributed by atoms with Gasteiger partial charge in [0.25, 0.3) is 11.8 Å². The van der Waals surface area contributed by atoms with E-state index < -0.39 is 54.5 Å². The van der Waals surface area contributed by atoms with Gasteiger partial charge in [-0.3, -0.25) is 24.0 Å². The molecule has 2 bridgehead atoms. The lowest BCUT2D eigenvalue weighted by Gasteiger charge is -2.30. The minimum absolute atomic E-state index is 0.177. The molecular weight excluding hydrogens is 642 g/mol. The molecule has 5 atom stereocenters. The first-order valence-corrected chi connectivity index (χ1v) is 17.0. The number of aliphatic hydroxyl groups is 1. The fourth-order valence-corrected chi connectivity index (χ4v) is 6.57. The predicted octanol–water partition coefficient (Wildman–Crippen LogP) is 1.54. The van der Waals surface area contributed by atoms with Gasteiger partial charge in [0.15, 0.2) is 12.4 Å². The SMILES string of the molecule is Cc1ccoc1C(=O)N1C[C@@H]2NC(=O)[C@H](Cc3ccccc3)NC(=O)CN(CC3CC3)C(=O)[C@H]([C@@H](C)O)NC(=O)COc3cccc(c3)[C@H]2C1. The lowest BCUT2D eigenvalue weighted by molar-refractivity contribution is -0.143. The first-order chi connectivity index (χ1) is 24.0. The van der Waals surface area contributed by atoms with Gasteiger partial charge in [0.05, 0.1) is 25.0 Å². The molecule has 0 unspecified atom stereocenters. The first kappa shape index (κ1) is 34.7. The van der Waals surface area contributed by atoms with E-state index in [1.165, 1.54) is 18.1 Å². The van der Waals surface area contributed by atoms with Gasteiger partial charge < -0.3 is 40.0 Å². The highest BCUT2D eigenvalue weighted by atomic mass is 16.5. The summed E-state index contributed by atoms with van der Waals surface area (Å²) < 4.78 is 11.3. The highest BCUT2D eigenvalue weighted by molar-refractivity contribution is 5.94. The summed E-state index contributed by atoms with van der Waals surface area (Å²) in [5.74, 6) is -2.10. The molecular formula is C37H43N5O8. The maximum absolute atomic E-state index is 14.2. The lowest BCUT2D eigenvalue weighted by Crippen LogP contribution is -2.58. The molecule has 3 heterocycles. The average molecular weight is 686 g/mol. The van der Waals surface area contributed by atoms with Crippen LogP contribution in [0.3, 0.4) is 0 Å². The van der Waals surface area contributed by atoms with Crippen molar-refractivity contribution in [2.24, 2.45) is 5.92 Å². The summed E-state index contributed by atoms with van der Waals surface area (Å²) in [4.78, 5) is 71.1. The van der Waals surface area contributed by atoms with Gasteiger partial charge >= 0.3 is 0 Å². The molecule has 1 saturated heterocycles. The molecule has 50 heavy (non-hydrogen) atoms. The van der Waals surface area contributed by atoms with Crippen LogP contribution in [0.4, 0.5) is 0 Å². The van der Waals surface area contributed by atoms with Crippen LogP contribution in [-0.4, -0.2) is 101 Å². The Bertz CT molecular complexity index is 1720. The fraction of sp³-hybridized carbons (Fsp3) is 0.432. The Morgan fingerprint density at radius 1 is 0.960 bits per heavy atom. The third-order valence-electron chi connectivity index (χ3n) is 9.47. The monoisotopic (exact) mass is 685 g/mol. The molecule has 3 aromatic rings. The summed E-state index contributed by atoms with van der Waals surface area (Å²) in [7, 11) is 0.